The maximum atomic E-state index is 13.0. The first-order valence-electron chi connectivity index (χ1n) is 11.4. The zero-order chi connectivity index (χ0) is 20.2. The molecule has 2 heterocycles. The van der Waals surface area contributed by atoms with Crippen LogP contribution >= 0.6 is 0 Å². The van der Waals surface area contributed by atoms with Gasteiger partial charge in [0.1, 0.15) is 0 Å². The molecule has 5 nitrogen and oxygen atoms in total. The molecule has 0 bridgehead atoms. The highest BCUT2D eigenvalue weighted by Crippen LogP contribution is 2.70. The van der Waals surface area contributed by atoms with E-state index in [1.165, 1.54) is 24.8 Å². The summed E-state index contributed by atoms with van der Waals surface area (Å²) in [6.45, 7) is 5.46. The van der Waals surface area contributed by atoms with E-state index in [2.05, 4.69) is 40.5 Å². The second-order valence-corrected chi connectivity index (χ2v) is 9.36. The van der Waals surface area contributed by atoms with Gasteiger partial charge in [0, 0.05) is 32.9 Å². The molecule has 1 spiro atoms. The van der Waals surface area contributed by atoms with Gasteiger partial charge < -0.3 is 20.1 Å². The van der Waals surface area contributed by atoms with Gasteiger partial charge in [0.25, 0.3) is 0 Å². The molecule has 2 N–H and O–H groups in total. The first-order valence-corrected chi connectivity index (χ1v) is 11.4. The van der Waals surface area contributed by atoms with E-state index >= 15 is 0 Å². The number of aliphatic hydroxyl groups excluding tert-OH is 1. The number of likely N-dealkylation sites (tertiary alicyclic amines) is 1. The summed E-state index contributed by atoms with van der Waals surface area (Å²) in [6.07, 6.45) is 7.07. The van der Waals surface area contributed by atoms with Gasteiger partial charge in [-0.2, -0.15) is 0 Å². The summed E-state index contributed by atoms with van der Waals surface area (Å²) in [7, 11) is 0. The highest BCUT2D eigenvalue weighted by atomic mass is 16.5. The molecule has 3 fully saturated rings. The van der Waals surface area contributed by atoms with Gasteiger partial charge in [0.2, 0.25) is 5.91 Å². The maximum absolute atomic E-state index is 13.0. The second kappa shape index (κ2) is 9.15. The van der Waals surface area contributed by atoms with Crippen molar-refractivity contribution in [2.24, 2.45) is 16.7 Å². The number of hydrogen-bond acceptors (Lipinski definition) is 4. The number of amides is 1. The second-order valence-electron chi connectivity index (χ2n) is 9.36. The van der Waals surface area contributed by atoms with Crippen molar-refractivity contribution in [1.29, 1.82) is 0 Å². The predicted molar refractivity (Wildman–Crippen MR) is 114 cm³/mol. The maximum Gasteiger partial charge on any atom is 0.226 e. The van der Waals surface area contributed by atoms with E-state index in [1.54, 1.807) is 0 Å². The minimum absolute atomic E-state index is 0.0772. The molecule has 1 atom stereocenters. The normalized spacial score (nSPS) is 27.1. The van der Waals surface area contributed by atoms with E-state index in [1.807, 2.05) is 0 Å². The molecule has 1 amide bonds. The molecule has 29 heavy (non-hydrogen) atoms. The summed E-state index contributed by atoms with van der Waals surface area (Å²) < 4.78 is 5.50. The molecule has 3 aliphatic rings. The zero-order valence-corrected chi connectivity index (χ0v) is 17.6. The van der Waals surface area contributed by atoms with Gasteiger partial charge in [-0.15, -0.1) is 0 Å². The monoisotopic (exact) mass is 400 g/mol. The fourth-order valence-corrected chi connectivity index (χ4v) is 5.79. The Kier molecular flexibility index (Phi) is 6.57. The van der Waals surface area contributed by atoms with Crippen LogP contribution in [0, 0.1) is 16.7 Å². The van der Waals surface area contributed by atoms with Crippen LogP contribution in [0.3, 0.4) is 0 Å². The number of piperidine rings is 1. The summed E-state index contributed by atoms with van der Waals surface area (Å²) >= 11 is 0. The Balaban J connectivity index is 1.19. The van der Waals surface area contributed by atoms with Crippen molar-refractivity contribution in [2.45, 2.75) is 44.9 Å². The van der Waals surface area contributed by atoms with E-state index in [9.17, 15) is 9.90 Å². The van der Waals surface area contributed by atoms with Gasteiger partial charge in [0.15, 0.2) is 0 Å². The predicted octanol–water partition coefficient (Wildman–Crippen LogP) is 2.63. The van der Waals surface area contributed by atoms with Crippen molar-refractivity contribution in [1.82, 2.24) is 10.2 Å². The molecule has 4 rings (SSSR count). The summed E-state index contributed by atoms with van der Waals surface area (Å²) in [5.74, 6) is 0.934. The van der Waals surface area contributed by atoms with Crippen LogP contribution in [0.2, 0.25) is 0 Å². The molecule has 5 heteroatoms. The van der Waals surface area contributed by atoms with Gasteiger partial charge in [-0.1, -0.05) is 30.3 Å². The molecule has 2 aliphatic heterocycles. The Hall–Kier alpha value is -1.43. The standard InChI is InChI=1S/C24H36N2O3/c27-15-8-24(19-23(24)9-16-29-17-10-23)22(28)25-11-14-26-12-6-21(7-13-26)18-20-4-2-1-3-5-20/h1-5,21,27H,6-19H2,(H,25,28). The molecule has 1 aliphatic carbocycles. The van der Waals surface area contributed by atoms with Crippen molar-refractivity contribution in [3.05, 3.63) is 35.9 Å². The van der Waals surface area contributed by atoms with E-state index < -0.39 is 0 Å². The third kappa shape index (κ3) is 4.52. The largest absolute Gasteiger partial charge is 0.396 e. The smallest absolute Gasteiger partial charge is 0.226 e. The lowest BCUT2D eigenvalue weighted by molar-refractivity contribution is -0.129. The summed E-state index contributed by atoms with van der Waals surface area (Å²) in [4.78, 5) is 15.5. The Morgan fingerprint density at radius 1 is 1.17 bits per heavy atom. The van der Waals surface area contributed by atoms with E-state index in [0.29, 0.717) is 13.0 Å². The number of rotatable bonds is 8. The van der Waals surface area contributed by atoms with Crippen LogP contribution in [0.1, 0.15) is 44.1 Å². The molecule has 0 aromatic heterocycles. The average Bonchev–Trinajstić information content (AvgIpc) is 3.37. The Morgan fingerprint density at radius 3 is 2.59 bits per heavy atom. The Labute approximate surface area is 174 Å². The summed E-state index contributed by atoms with van der Waals surface area (Å²) in [6, 6.07) is 10.8. The SMILES string of the molecule is O=C(NCCN1CCC(Cc2ccccc2)CC1)C1(CCO)CC12CCOCC2. The van der Waals surface area contributed by atoms with Crippen molar-refractivity contribution in [3.8, 4) is 0 Å². The van der Waals surface area contributed by atoms with Crippen molar-refractivity contribution >= 4 is 5.91 Å². The summed E-state index contributed by atoms with van der Waals surface area (Å²) in [5, 5.41) is 12.8. The van der Waals surface area contributed by atoms with E-state index in [-0.39, 0.29) is 23.3 Å². The van der Waals surface area contributed by atoms with Gasteiger partial charge >= 0.3 is 0 Å². The van der Waals surface area contributed by atoms with E-state index in [4.69, 9.17) is 4.74 Å². The minimum atomic E-state index is -0.353. The molecule has 1 saturated carbocycles. The van der Waals surface area contributed by atoms with Crippen LogP contribution < -0.4 is 5.32 Å². The minimum Gasteiger partial charge on any atom is -0.396 e. The third-order valence-corrected chi connectivity index (χ3v) is 7.74. The first-order chi connectivity index (χ1) is 14.2. The molecule has 1 aromatic carbocycles. The number of ether oxygens (including phenoxy) is 1. The molecular weight excluding hydrogens is 364 g/mol. The van der Waals surface area contributed by atoms with Gasteiger partial charge in [-0.05, 0) is 74.9 Å². The van der Waals surface area contributed by atoms with Gasteiger partial charge in [0.05, 0.1) is 5.41 Å². The fourth-order valence-electron chi connectivity index (χ4n) is 5.79. The Morgan fingerprint density at radius 2 is 1.90 bits per heavy atom. The fraction of sp³-hybridized carbons (Fsp3) is 0.708. The molecule has 1 unspecified atom stereocenters. The first kappa shape index (κ1) is 20.8. The third-order valence-electron chi connectivity index (χ3n) is 7.74. The summed E-state index contributed by atoms with van der Waals surface area (Å²) in [5.41, 5.74) is 1.17. The van der Waals surface area contributed by atoms with Crippen LogP contribution in [0.25, 0.3) is 0 Å². The molecular formula is C24H36N2O3. The number of carbonyl (C=O) groups is 1. The van der Waals surface area contributed by atoms with Crippen molar-refractivity contribution in [2.75, 3.05) is 46.0 Å². The molecule has 160 valence electrons. The van der Waals surface area contributed by atoms with Crippen LogP contribution in [-0.4, -0.2) is 61.9 Å². The highest BCUT2D eigenvalue weighted by molar-refractivity contribution is 5.87. The van der Waals surface area contributed by atoms with Gasteiger partial charge in [-0.3, -0.25) is 4.79 Å². The number of carbonyl (C=O) groups excluding carboxylic acids is 1. The number of benzene rings is 1. The topological polar surface area (TPSA) is 61.8 Å². The molecule has 0 radical (unpaired) electrons. The molecule has 2 saturated heterocycles. The number of aliphatic hydroxyl groups is 1. The van der Waals surface area contributed by atoms with Crippen molar-refractivity contribution < 1.29 is 14.6 Å². The zero-order valence-electron chi connectivity index (χ0n) is 17.6. The number of hydrogen-bond donors (Lipinski definition) is 2. The lowest BCUT2D eigenvalue weighted by atomic mass is 9.83. The van der Waals surface area contributed by atoms with E-state index in [0.717, 1.165) is 58.0 Å². The number of nitrogens with zero attached hydrogens (tertiary/aromatic N) is 1. The van der Waals surface area contributed by atoms with Crippen LogP contribution in [0.15, 0.2) is 30.3 Å². The van der Waals surface area contributed by atoms with Gasteiger partial charge in [-0.25, -0.2) is 0 Å². The lowest BCUT2D eigenvalue weighted by Crippen LogP contribution is -2.43. The van der Waals surface area contributed by atoms with Crippen LogP contribution in [-0.2, 0) is 16.0 Å². The van der Waals surface area contributed by atoms with Crippen LogP contribution in [0.4, 0.5) is 0 Å². The number of nitrogens with one attached hydrogen (secondary N) is 1. The van der Waals surface area contributed by atoms with Crippen molar-refractivity contribution in [3.63, 3.8) is 0 Å². The lowest BCUT2D eigenvalue weighted by Gasteiger charge is -2.32. The Bertz CT molecular complexity index is 666. The highest BCUT2D eigenvalue weighted by Gasteiger charge is 2.70. The van der Waals surface area contributed by atoms with Crippen LogP contribution in [0.5, 0.6) is 0 Å². The molecule has 1 aromatic rings. The quantitative estimate of drug-likeness (QED) is 0.704. The average molecular weight is 401 g/mol.